The summed E-state index contributed by atoms with van der Waals surface area (Å²) in [5.74, 6) is 1.20. The highest BCUT2D eigenvalue weighted by Crippen LogP contribution is 2.22. The van der Waals surface area contributed by atoms with Gasteiger partial charge in [-0.3, -0.25) is 9.78 Å². The molecule has 1 N–H and O–H groups in total. The van der Waals surface area contributed by atoms with Crippen LogP contribution >= 0.6 is 0 Å². The molecule has 0 saturated carbocycles. The SMILES string of the molecule is Cc1cc(C)n(-c2cc(NC(=O)C(C)c3cccnc3)nc(-c3ccco3)n2)n1. The Bertz CT molecular complexity index is 1140. The Labute approximate surface area is 167 Å². The first-order valence-corrected chi connectivity index (χ1v) is 9.18. The van der Waals surface area contributed by atoms with Crippen molar-refractivity contribution in [1.29, 1.82) is 0 Å². The molecular formula is C21H20N6O2. The van der Waals surface area contributed by atoms with Crippen molar-refractivity contribution in [2.45, 2.75) is 26.7 Å². The lowest BCUT2D eigenvalue weighted by Crippen LogP contribution is -2.20. The lowest BCUT2D eigenvalue weighted by molar-refractivity contribution is -0.117. The number of amides is 1. The van der Waals surface area contributed by atoms with Crippen molar-refractivity contribution in [3.05, 3.63) is 72.0 Å². The van der Waals surface area contributed by atoms with Crippen LogP contribution in [0.4, 0.5) is 5.82 Å². The van der Waals surface area contributed by atoms with Gasteiger partial charge in [0.05, 0.1) is 17.9 Å². The van der Waals surface area contributed by atoms with Crippen molar-refractivity contribution in [2.75, 3.05) is 5.32 Å². The van der Waals surface area contributed by atoms with Gasteiger partial charge in [-0.15, -0.1) is 0 Å². The van der Waals surface area contributed by atoms with Crippen LogP contribution in [0.3, 0.4) is 0 Å². The van der Waals surface area contributed by atoms with Gasteiger partial charge in [-0.2, -0.15) is 5.10 Å². The molecule has 29 heavy (non-hydrogen) atoms. The van der Waals surface area contributed by atoms with Crippen LogP contribution in [-0.2, 0) is 4.79 Å². The topological polar surface area (TPSA) is 98.7 Å². The number of pyridine rings is 1. The second-order valence-corrected chi connectivity index (χ2v) is 6.75. The van der Waals surface area contributed by atoms with Crippen LogP contribution in [0, 0.1) is 13.8 Å². The molecule has 0 aliphatic heterocycles. The van der Waals surface area contributed by atoms with Gasteiger partial charge in [-0.05, 0) is 50.6 Å². The summed E-state index contributed by atoms with van der Waals surface area (Å²) < 4.78 is 7.16. The first kappa shape index (κ1) is 18.5. The number of nitrogens with one attached hydrogen (secondary N) is 1. The van der Waals surface area contributed by atoms with E-state index in [9.17, 15) is 4.79 Å². The summed E-state index contributed by atoms with van der Waals surface area (Å²) in [6.45, 7) is 5.68. The monoisotopic (exact) mass is 388 g/mol. The van der Waals surface area contributed by atoms with Crippen molar-refractivity contribution in [1.82, 2.24) is 24.7 Å². The first-order chi connectivity index (χ1) is 14.0. The molecule has 1 atom stereocenters. The number of aromatic nitrogens is 5. The van der Waals surface area contributed by atoms with E-state index in [1.807, 2.05) is 32.9 Å². The summed E-state index contributed by atoms with van der Waals surface area (Å²) in [5, 5.41) is 7.36. The molecule has 4 rings (SSSR count). The van der Waals surface area contributed by atoms with E-state index in [0.717, 1.165) is 17.0 Å². The Morgan fingerprint density at radius 3 is 2.69 bits per heavy atom. The van der Waals surface area contributed by atoms with E-state index >= 15 is 0 Å². The smallest absolute Gasteiger partial charge is 0.232 e. The number of aryl methyl sites for hydroxylation is 2. The summed E-state index contributed by atoms with van der Waals surface area (Å²) in [7, 11) is 0. The zero-order valence-corrected chi connectivity index (χ0v) is 16.3. The maximum absolute atomic E-state index is 12.8. The summed E-state index contributed by atoms with van der Waals surface area (Å²) in [6, 6.07) is 10.9. The maximum Gasteiger partial charge on any atom is 0.232 e. The average Bonchev–Trinajstić information content (AvgIpc) is 3.37. The molecule has 1 unspecified atom stereocenters. The molecular weight excluding hydrogens is 368 g/mol. The molecule has 0 radical (unpaired) electrons. The molecule has 1 amide bonds. The number of hydrogen-bond donors (Lipinski definition) is 1. The predicted molar refractivity (Wildman–Crippen MR) is 108 cm³/mol. The summed E-state index contributed by atoms with van der Waals surface area (Å²) in [6.07, 6.45) is 4.91. The minimum Gasteiger partial charge on any atom is -0.461 e. The second kappa shape index (κ2) is 7.67. The van der Waals surface area contributed by atoms with Gasteiger partial charge >= 0.3 is 0 Å². The van der Waals surface area contributed by atoms with Crippen molar-refractivity contribution in [3.8, 4) is 17.4 Å². The van der Waals surface area contributed by atoms with Crippen LogP contribution < -0.4 is 5.32 Å². The highest BCUT2D eigenvalue weighted by molar-refractivity contribution is 5.95. The molecule has 0 aliphatic carbocycles. The normalized spacial score (nSPS) is 12.0. The molecule has 8 nitrogen and oxygen atoms in total. The predicted octanol–water partition coefficient (Wildman–Crippen LogP) is 3.68. The fourth-order valence-corrected chi connectivity index (χ4v) is 3.00. The number of hydrogen-bond acceptors (Lipinski definition) is 6. The van der Waals surface area contributed by atoms with Gasteiger partial charge in [-0.25, -0.2) is 14.6 Å². The Hall–Kier alpha value is -3.81. The molecule has 0 aromatic carbocycles. The van der Waals surface area contributed by atoms with Crippen LogP contribution in [-0.4, -0.2) is 30.6 Å². The summed E-state index contributed by atoms with van der Waals surface area (Å²) >= 11 is 0. The minimum absolute atomic E-state index is 0.193. The van der Waals surface area contributed by atoms with E-state index in [0.29, 0.717) is 23.2 Å². The van der Waals surface area contributed by atoms with Gasteiger partial charge in [-0.1, -0.05) is 6.07 Å². The summed E-state index contributed by atoms with van der Waals surface area (Å²) in [5.41, 5.74) is 2.62. The zero-order chi connectivity index (χ0) is 20.4. The molecule has 0 aliphatic rings. The first-order valence-electron chi connectivity index (χ1n) is 9.18. The van der Waals surface area contributed by atoms with Gasteiger partial charge < -0.3 is 9.73 Å². The van der Waals surface area contributed by atoms with Crippen LogP contribution in [0.25, 0.3) is 17.4 Å². The van der Waals surface area contributed by atoms with Crippen molar-refractivity contribution in [3.63, 3.8) is 0 Å². The van der Waals surface area contributed by atoms with Crippen molar-refractivity contribution >= 4 is 11.7 Å². The Balaban J connectivity index is 1.71. The Morgan fingerprint density at radius 2 is 2.03 bits per heavy atom. The van der Waals surface area contributed by atoms with E-state index in [4.69, 9.17) is 4.42 Å². The summed E-state index contributed by atoms with van der Waals surface area (Å²) in [4.78, 5) is 25.9. The standard InChI is InChI=1S/C21H20N6O2/c1-13-10-14(2)27(26-13)19-11-18(23-20(25-19)17-7-5-9-29-17)24-21(28)15(3)16-6-4-8-22-12-16/h4-12,15H,1-3H3,(H,23,24,25,28). The van der Waals surface area contributed by atoms with Crippen molar-refractivity contribution in [2.24, 2.45) is 0 Å². The lowest BCUT2D eigenvalue weighted by atomic mass is 10.0. The number of rotatable bonds is 5. The molecule has 0 bridgehead atoms. The van der Waals surface area contributed by atoms with Gasteiger partial charge in [0.15, 0.2) is 17.4 Å². The maximum atomic E-state index is 12.8. The molecule has 0 fully saturated rings. The molecule has 4 aromatic rings. The third-order valence-corrected chi connectivity index (χ3v) is 4.51. The molecule has 4 heterocycles. The number of nitrogens with zero attached hydrogens (tertiary/aromatic N) is 5. The van der Waals surface area contributed by atoms with Crippen LogP contribution in [0.1, 0.15) is 29.8 Å². The number of carbonyl (C=O) groups is 1. The lowest BCUT2D eigenvalue weighted by Gasteiger charge is -2.13. The third kappa shape index (κ3) is 3.91. The van der Waals surface area contributed by atoms with Crippen LogP contribution in [0.2, 0.25) is 0 Å². The largest absolute Gasteiger partial charge is 0.461 e. The Kier molecular flexibility index (Phi) is 4.90. The minimum atomic E-state index is -0.386. The van der Waals surface area contributed by atoms with Gasteiger partial charge in [0.1, 0.15) is 5.82 Å². The van der Waals surface area contributed by atoms with Crippen LogP contribution in [0.5, 0.6) is 0 Å². The fourth-order valence-electron chi connectivity index (χ4n) is 3.00. The average molecular weight is 388 g/mol. The number of furan rings is 1. The molecule has 4 aromatic heterocycles. The quantitative estimate of drug-likeness (QED) is 0.560. The third-order valence-electron chi connectivity index (χ3n) is 4.51. The van der Waals surface area contributed by atoms with Gasteiger partial charge in [0.25, 0.3) is 0 Å². The highest BCUT2D eigenvalue weighted by Gasteiger charge is 2.18. The number of carbonyl (C=O) groups excluding carboxylic acids is 1. The van der Waals surface area contributed by atoms with E-state index in [-0.39, 0.29) is 11.8 Å². The highest BCUT2D eigenvalue weighted by atomic mass is 16.3. The Morgan fingerprint density at radius 1 is 1.17 bits per heavy atom. The van der Waals surface area contributed by atoms with E-state index in [2.05, 4.69) is 25.4 Å². The second-order valence-electron chi connectivity index (χ2n) is 6.75. The number of anilines is 1. The van der Waals surface area contributed by atoms with E-state index in [1.54, 1.807) is 47.6 Å². The van der Waals surface area contributed by atoms with E-state index in [1.165, 1.54) is 0 Å². The fraction of sp³-hybridized carbons (Fsp3) is 0.190. The van der Waals surface area contributed by atoms with Gasteiger partial charge in [0, 0.05) is 24.2 Å². The zero-order valence-electron chi connectivity index (χ0n) is 16.3. The van der Waals surface area contributed by atoms with Crippen molar-refractivity contribution < 1.29 is 9.21 Å². The van der Waals surface area contributed by atoms with E-state index < -0.39 is 0 Å². The molecule has 146 valence electrons. The van der Waals surface area contributed by atoms with Gasteiger partial charge in [0.2, 0.25) is 5.91 Å². The molecule has 8 heteroatoms. The molecule has 0 spiro atoms. The van der Waals surface area contributed by atoms with Crippen LogP contribution in [0.15, 0.2) is 59.5 Å². The molecule has 0 saturated heterocycles.